The monoisotopic (exact) mass is 223 g/mol. The van der Waals surface area contributed by atoms with Gasteiger partial charge in [0.2, 0.25) is 0 Å². The van der Waals surface area contributed by atoms with Crippen molar-refractivity contribution in [1.29, 1.82) is 0 Å². The van der Waals surface area contributed by atoms with Gasteiger partial charge in [0.05, 0.1) is 0 Å². The molecule has 15 heavy (non-hydrogen) atoms. The molecule has 1 aromatic rings. The van der Waals surface area contributed by atoms with E-state index in [0.29, 0.717) is 5.92 Å². The summed E-state index contributed by atoms with van der Waals surface area (Å²) in [6, 6.07) is 4.44. The van der Waals surface area contributed by atoms with Crippen LogP contribution >= 0.6 is 11.6 Å². The topological polar surface area (TPSA) is 3.24 Å². The van der Waals surface area contributed by atoms with Crippen molar-refractivity contribution in [3.8, 4) is 0 Å². The number of benzene rings is 1. The van der Waals surface area contributed by atoms with Crippen LogP contribution in [0.5, 0.6) is 0 Å². The molecule has 0 saturated heterocycles. The fourth-order valence-electron chi connectivity index (χ4n) is 2.18. The number of fused-ring (bicyclic) bond motifs is 1. The lowest BCUT2D eigenvalue weighted by Crippen LogP contribution is -2.14. The highest BCUT2D eigenvalue weighted by molar-refractivity contribution is 6.31. The fourth-order valence-corrected chi connectivity index (χ4v) is 2.58. The van der Waals surface area contributed by atoms with Crippen molar-refractivity contribution in [2.24, 2.45) is 0 Å². The molecule has 0 saturated carbocycles. The highest BCUT2D eigenvalue weighted by Crippen LogP contribution is 2.32. The minimum absolute atomic E-state index is 0.512. The van der Waals surface area contributed by atoms with E-state index in [9.17, 15) is 0 Å². The summed E-state index contributed by atoms with van der Waals surface area (Å²) in [7, 11) is 0. The van der Waals surface area contributed by atoms with Gasteiger partial charge in [0.15, 0.2) is 0 Å². The van der Waals surface area contributed by atoms with Crippen LogP contribution in [0.3, 0.4) is 0 Å². The Kier molecular flexibility index (Phi) is 3.03. The molecule has 2 heteroatoms. The van der Waals surface area contributed by atoms with E-state index in [4.69, 9.17) is 11.6 Å². The van der Waals surface area contributed by atoms with Gasteiger partial charge in [-0.25, -0.2) is 0 Å². The number of hydrogen-bond donors (Lipinski definition) is 0. The Balaban J connectivity index is 2.36. The van der Waals surface area contributed by atoms with Crippen LogP contribution in [-0.4, -0.2) is 11.4 Å². The SMILES string of the molecule is CCN1Cc2cc(Cl)c(C(C)C)cc2C1. The highest BCUT2D eigenvalue weighted by atomic mass is 35.5. The van der Waals surface area contributed by atoms with Gasteiger partial charge in [0, 0.05) is 18.1 Å². The van der Waals surface area contributed by atoms with Crippen LogP contribution in [0.25, 0.3) is 0 Å². The molecule has 0 atom stereocenters. The normalized spacial score (nSPS) is 16.1. The van der Waals surface area contributed by atoms with Gasteiger partial charge in [-0.15, -0.1) is 0 Å². The van der Waals surface area contributed by atoms with Crippen LogP contribution < -0.4 is 0 Å². The first-order valence-electron chi connectivity index (χ1n) is 5.65. The minimum Gasteiger partial charge on any atom is -0.295 e. The molecule has 0 amide bonds. The van der Waals surface area contributed by atoms with Crippen molar-refractivity contribution in [3.63, 3.8) is 0 Å². The Morgan fingerprint density at radius 2 is 1.87 bits per heavy atom. The van der Waals surface area contributed by atoms with Gasteiger partial charge in [-0.3, -0.25) is 4.90 Å². The van der Waals surface area contributed by atoms with Crippen molar-refractivity contribution in [2.45, 2.75) is 39.8 Å². The molecule has 1 nitrogen and oxygen atoms in total. The maximum atomic E-state index is 6.28. The molecule has 1 aliphatic rings. The van der Waals surface area contributed by atoms with Crippen LogP contribution in [0, 0.1) is 0 Å². The van der Waals surface area contributed by atoms with Crippen molar-refractivity contribution in [1.82, 2.24) is 4.90 Å². The third-order valence-electron chi connectivity index (χ3n) is 3.18. The van der Waals surface area contributed by atoms with Gasteiger partial charge in [-0.2, -0.15) is 0 Å². The molecule has 1 heterocycles. The van der Waals surface area contributed by atoms with E-state index in [0.717, 1.165) is 24.7 Å². The summed E-state index contributed by atoms with van der Waals surface area (Å²) in [5.74, 6) is 0.512. The van der Waals surface area contributed by atoms with E-state index < -0.39 is 0 Å². The largest absolute Gasteiger partial charge is 0.295 e. The van der Waals surface area contributed by atoms with E-state index in [-0.39, 0.29) is 0 Å². The van der Waals surface area contributed by atoms with Crippen LogP contribution in [0.2, 0.25) is 5.02 Å². The zero-order valence-electron chi connectivity index (χ0n) is 9.68. The molecular formula is C13H18ClN. The first kappa shape index (κ1) is 11.0. The molecule has 0 radical (unpaired) electrons. The van der Waals surface area contributed by atoms with Crippen molar-refractivity contribution >= 4 is 11.6 Å². The number of hydrogen-bond acceptors (Lipinski definition) is 1. The van der Waals surface area contributed by atoms with E-state index in [2.05, 4.69) is 37.8 Å². The fraction of sp³-hybridized carbons (Fsp3) is 0.538. The predicted octanol–water partition coefficient (Wildman–Crippen LogP) is 3.80. The van der Waals surface area contributed by atoms with Crippen molar-refractivity contribution in [3.05, 3.63) is 33.8 Å². The summed E-state index contributed by atoms with van der Waals surface area (Å²) >= 11 is 6.28. The summed E-state index contributed by atoms with van der Waals surface area (Å²) in [4.78, 5) is 2.44. The summed E-state index contributed by atoms with van der Waals surface area (Å²) in [5.41, 5.74) is 4.16. The number of nitrogens with zero attached hydrogens (tertiary/aromatic N) is 1. The minimum atomic E-state index is 0.512. The standard InChI is InChI=1S/C13H18ClN/c1-4-15-7-10-5-12(9(2)3)13(14)6-11(10)8-15/h5-6,9H,4,7-8H2,1-3H3. The van der Waals surface area contributed by atoms with Gasteiger partial charge >= 0.3 is 0 Å². The predicted molar refractivity (Wildman–Crippen MR) is 65.3 cm³/mol. The maximum absolute atomic E-state index is 6.28. The third-order valence-corrected chi connectivity index (χ3v) is 3.50. The van der Waals surface area contributed by atoms with E-state index in [1.165, 1.54) is 16.7 Å². The molecule has 82 valence electrons. The Morgan fingerprint density at radius 3 is 2.40 bits per heavy atom. The highest BCUT2D eigenvalue weighted by Gasteiger charge is 2.19. The second-order valence-corrected chi connectivity index (χ2v) is 5.01. The van der Waals surface area contributed by atoms with E-state index in [1.807, 2.05) is 0 Å². The lowest BCUT2D eigenvalue weighted by atomic mass is 9.98. The molecule has 2 rings (SSSR count). The second-order valence-electron chi connectivity index (χ2n) is 4.60. The molecule has 0 N–H and O–H groups in total. The third kappa shape index (κ3) is 2.04. The lowest BCUT2D eigenvalue weighted by molar-refractivity contribution is 0.301. The maximum Gasteiger partial charge on any atom is 0.0444 e. The van der Waals surface area contributed by atoms with E-state index in [1.54, 1.807) is 0 Å². The molecule has 0 bridgehead atoms. The van der Waals surface area contributed by atoms with Crippen molar-refractivity contribution < 1.29 is 0 Å². The summed E-state index contributed by atoms with van der Waals surface area (Å²) in [5, 5.41) is 0.932. The first-order chi connectivity index (χ1) is 7.11. The first-order valence-corrected chi connectivity index (χ1v) is 6.03. The molecule has 0 spiro atoms. The lowest BCUT2D eigenvalue weighted by Gasteiger charge is -2.10. The molecule has 0 fully saturated rings. The van der Waals surface area contributed by atoms with Gasteiger partial charge < -0.3 is 0 Å². The van der Waals surface area contributed by atoms with E-state index >= 15 is 0 Å². The van der Waals surface area contributed by atoms with Crippen LogP contribution in [0.1, 0.15) is 43.4 Å². The van der Waals surface area contributed by atoms with Crippen LogP contribution in [-0.2, 0) is 13.1 Å². The average Bonchev–Trinajstić information content (AvgIpc) is 2.58. The second kappa shape index (κ2) is 4.15. The quantitative estimate of drug-likeness (QED) is 0.737. The number of halogens is 1. The average molecular weight is 224 g/mol. The van der Waals surface area contributed by atoms with Gasteiger partial charge in [0.25, 0.3) is 0 Å². The van der Waals surface area contributed by atoms with Gasteiger partial charge in [-0.1, -0.05) is 38.4 Å². The summed E-state index contributed by atoms with van der Waals surface area (Å²) in [6.45, 7) is 9.85. The zero-order chi connectivity index (χ0) is 11.0. The smallest absolute Gasteiger partial charge is 0.0444 e. The summed E-state index contributed by atoms with van der Waals surface area (Å²) < 4.78 is 0. The van der Waals surface area contributed by atoms with Crippen LogP contribution in [0.4, 0.5) is 0 Å². The van der Waals surface area contributed by atoms with Gasteiger partial charge in [0.1, 0.15) is 0 Å². The zero-order valence-corrected chi connectivity index (χ0v) is 10.4. The number of rotatable bonds is 2. The molecular weight excluding hydrogens is 206 g/mol. The van der Waals surface area contributed by atoms with Crippen LogP contribution in [0.15, 0.2) is 12.1 Å². The van der Waals surface area contributed by atoms with Gasteiger partial charge in [-0.05, 0) is 35.2 Å². The Morgan fingerprint density at radius 1 is 1.27 bits per heavy atom. The Hall–Kier alpha value is -0.530. The molecule has 0 aromatic heterocycles. The Labute approximate surface area is 97.0 Å². The molecule has 0 aliphatic carbocycles. The molecule has 1 aromatic carbocycles. The Bertz CT molecular complexity index is 371. The summed E-state index contributed by atoms with van der Waals surface area (Å²) in [6.07, 6.45) is 0. The molecule has 0 unspecified atom stereocenters. The van der Waals surface area contributed by atoms with Crippen molar-refractivity contribution in [2.75, 3.05) is 6.54 Å². The molecule has 1 aliphatic heterocycles.